The fourth-order valence-electron chi connectivity index (χ4n) is 0. The summed E-state index contributed by atoms with van der Waals surface area (Å²) in [7, 11) is 0.750. The summed E-state index contributed by atoms with van der Waals surface area (Å²) in [5.74, 6) is 4.42. The molecule has 0 saturated carbocycles. The minimum atomic E-state index is 0.750. The molecule has 0 aliphatic carbocycles. The molecule has 0 N–H and O–H groups in total. The van der Waals surface area contributed by atoms with Crippen LogP contribution in [0.4, 0.5) is 0 Å². The van der Waals surface area contributed by atoms with Gasteiger partial charge in [0.1, 0.15) is 0 Å². The van der Waals surface area contributed by atoms with Gasteiger partial charge in [0.25, 0.3) is 0 Å². The van der Waals surface area contributed by atoms with E-state index in [9.17, 15) is 0 Å². The zero-order valence-corrected chi connectivity index (χ0v) is 5.14. The molecule has 0 amide bonds. The van der Waals surface area contributed by atoms with Crippen LogP contribution in [-0.2, 0) is 0 Å². The van der Waals surface area contributed by atoms with Gasteiger partial charge in [-0.2, -0.15) is 7.11 Å². The Morgan fingerprint density at radius 3 is 1.20 bits per heavy atom. The van der Waals surface area contributed by atoms with Gasteiger partial charge < -0.3 is 5.11 Å². The van der Waals surface area contributed by atoms with Crippen molar-refractivity contribution in [2.45, 2.75) is 11.6 Å². The van der Waals surface area contributed by atoms with Gasteiger partial charge in [0.2, 0.25) is 0 Å². The van der Waals surface area contributed by atoms with E-state index in [1.807, 2.05) is 0 Å². The van der Waals surface area contributed by atoms with Gasteiger partial charge in [0.05, 0.1) is 0 Å². The number of rotatable bonds is 0. The van der Waals surface area contributed by atoms with Crippen LogP contribution in [0.5, 0.6) is 0 Å². The predicted molar refractivity (Wildman–Crippen MR) is 23.4 cm³/mol. The molecule has 2 heteroatoms. The molecule has 0 radical (unpaired) electrons. The molecule has 5 heavy (non-hydrogen) atoms. The first-order chi connectivity index (χ1) is 2.41. The van der Waals surface area contributed by atoms with Crippen LogP contribution in [0, 0.1) is 0 Å². The molecule has 0 aromatic carbocycles. The van der Waals surface area contributed by atoms with Gasteiger partial charge in [0.15, 0.2) is 0 Å². The van der Waals surface area contributed by atoms with Crippen LogP contribution < -0.4 is 5.11 Å². The summed E-state index contributed by atoms with van der Waals surface area (Å²) in [6, 6.07) is 0. The molecule has 0 spiro atoms. The third-order valence-corrected chi connectivity index (χ3v) is 0. The topological polar surface area (TPSA) is 23.1 Å². The van der Waals surface area contributed by atoms with Gasteiger partial charge in [-0.1, -0.05) is 0 Å². The third-order valence-electron chi connectivity index (χ3n) is 0. The molecule has 0 unspecified atom stereocenters. The van der Waals surface area contributed by atoms with Crippen molar-refractivity contribution in [2.75, 3.05) is 7.11 Å². The summed E-state index contributed by atoms with van der Waals surface area (Å²) >= 11 is 0.750. The Bertz CT molecular complexity index is 6.85. The molecule has 0 heterocycles. The molecule has 0 rings (SSSR count). The zero-order chi connectivity index (χ0) is 4.71. The molecule has 0 aromatic heterocycles. The van der Waals surface area contributed by atoms with E-state index in [2.05, 4.69) is 11.6 Å². The molecule has 0 aliphatic heterocycles. The normalized spacial score (nSPS) is 3.20. The molecular weight excluding hydrogens is 79.0 g/mol. The van der Waals surface area contributed by atoms with Crippen molar-refractivity contribution in [1.29, 1.82) is 0 Å². The van der Waals surface area contributed by atoms with Crippen molar-refractivity contribution >= 4 is 15.2 Å². The number of hydrogen-bond acceptors (Lipinski definition) is 1. The Kier molecular flexibility index (Phi) is 44.7. The van der Waals surface area contributed by atoms with E-state index in [4.69, 9.17) is 5.11 Å². The molecule has 0 aliphatic rings. The molecule has 0 atom stereocenters. The fourth-order valence-corrected chi connectivity index (χ4v) is 0. The maximum absolute atomic E-state index is 8.25. The van der Waals surface area contributed by atoms with Crippen LogP contribution in [-0.4, -0.2) is 22.3 Å². The van der Waals surface area contributed by atoms with Crippen LogP contribution in [0.1, 0.15) is 0 Å². The first-order valence-corrected chi connectivity index (χ1v) is 3.87. The summed E-state index contributed by atoms with van der Waals surface area (Å²) in [5.41, 5.74) is 0. The Hall–Kier alpha value is 0.492. The van der Waals surface area contributed by atoms with Crippen molar-refractivity contribution < 1.29 is 5.11 Å². The quantitative estimate of drug-likeness (QED) is 0.375. The third kappa shape index (κ3) is 115. The summed E-state index contributed by atoms with van der Waals surface area (Å²) in [5, 5.41) is 8.25. The summed E-state index contributed by atoms with van der Waals surface area (Å²) in [6.45, 7) is 0. The van der Waals surface area contributed by atoms with Crippen LogP contribution in [0.3, 0.4) is 0 Å². The van der Waals surface area contributed by atoms with E-state index >= 15 is 0 Å². The second-order valence-corrected chi connectivity index (χ2v) is 1.73. The first kappa shape index (κ1) is 9.09. The SMILES string of the molecule is C[O-].[CH3][Al+][CH3]. The standard InChI is InChI=1S/CH3O.2CH3.Al/c1-2;;;/h1H3;2*1H3;/q-1;;;+1. The fraction of sp³-hybridized carbons (Fsp3) is 1.00. The molecule has 0 fully saturated rings. The van der Waals surface area contributed by atoms with E-state index in [1.54, 1.807) is 0 Å². The second-order valence-electron chi connectivity index (χ2n) is 0.577. The molecule has 0 aromatic rings. The monoisotopic (exact) mass is 88.0 g/mol. The maximum atomic E-state index is 8.25. The zero-order valence-electron chi connectivity index (χ0n) is 3.99. The molecule has 0 bridgehead atoms. The summed E-state index contributed by atoms with van der Waals surface area (Å²) in [6.07, 6.45) is 0. The van der Waals surface area contributed by atoms with Crippen LogP contribution in [0.2, 0.25) is 11.6 Å². The van der Waals surface area contributed by atoms with E-state index < -0.39 is 0 Å². The molecule has 1 nitrogen and oxygen atoms in total. The van der Waals surface area contributed by atoms with E-state index in [0.717, 1.165) is 22.3 Å². The second kappa shape index (κ2) is 24.6. The van der Waals surface area contributed by atoms with E-state index in [0.29, 0.717) is 0 Å². The van der Waals surface area contributed by atoms with Gasteiger partial charge in [0, 0.05) is 0 Å². The minimum absolute atomic E-state index is 0.750. The Morgan fingerprint density at radius 2 is 1.20 bits per heavy atom. The average molecular weight is 88.1 g/mol. The van der Waals surface area contributed by atoms with Gasteiger partial charge in [-0.3, -0.25) is 0 Å². The first-order valence-electron chi connectivity index (χ1n) is 1.56. The molecule has 0 saturated heterocycles. The predicted octanol–water partition coefficient (Wildman–Crippen LogP) is -0.237. The van der Waals surface area contributed by atoms with Crippen molar-refractivity contribution in [3.63, 3.8) is 0 Å². The van der Waals surface area contributed by atoms with Crippen molar-refractivity contribution in [3.05, 3.63) is 0 Å². The van der Waals surface area contributed by atoms with Crippen LogP contribution >= 0.6 is 0 Å². The van der Waals surface area contributed by atoms with Gasteiger partial charge >= 0.3 is 26.8 Å². The number of hydrogen-bond donors (Lipinski definition) is 0. The Morgan fingerprint density at radius 1 is 1.20 bits per heavy atom. The van der Waals surface area contributed by atoms with Gasteiger partial charge in [-0.25, -0.2) is 0 Å². The molecule has 30 valence electrons. The summed E-state index contributed by atoms with van der Waals surface area (Å²) in [4.78, 5) is 0. The summed E-state index contributed by atoms with van der Waals surface area (Å²) < 4.78 is 0. The van der Waals surface area contributed by atoms with Gasteiger partial charge in [-0.15, -0.1) is 0 Å². The average Bonchev–Trinajstić information content (AvgIpc) is 1.46. The van der Waals surface area contributed by atoms with Crippen molar-refractivity contribution in [1.82, 2.24) is 0 Å². The van der Waals surface area contributed by atoms with Crippen LogP contribution in [0.25, 0.3) is 0 Å². The van der Waals surface area contributed by atoms with Gasteiger partial charge in [-0.05, 0) is 0 Å². The Labute approximate surface area is 39.7 Å². The van der Waals surface area contributed by atoms with Crippen molar-refractivity contribution in [3.8, 4) is 0 Å². The molecular formula is C3H9AlO. The van der Waals surface area contributed by atoms with Crippen molar-refractivity contribution in [2.24, 2.45) is 0 Å². The van der Waals surface area contributed by atoms with E-state index in [-0.39, 0.29) is 0 Å². The van der Waals surface area contributed by atoms with E-state index in [1.165, 1.54) is 0 Å². The Balaban J connectivity index is 0. The van der Waals surface area contributed by atoms with Crippen LogP contribution in [0.15, 0.2) is 0 Å².